The highest BCUT2D eigenvalue weighted by Gasteiger charge is 2.10. The van der Waals surface area contributed by atoms with E-state index in [1.807, 2.05) is 32.0 Å². The van der Waals surface area contributed by atoms with E-state index in [4.69, 9.17) is 25.8 Å². The van der Waals surface area contributed by atoms with Crippen LogP contribution >= 0.6 is 11.6 Å². The highest BCUT2D eigenvalue weighted by Crippen LogP contribution is 2.31. The summed E-state index contributed by atoms with van der Waals surface area (Å²) >= 11 is 6.06. The van der Waals surface area contributed by atoms with Gasteiger partial charge in [0, 0.05) is 11.1 Å². The van der Waals surface area contributed by atoms with Crippen molar-refractivity contribution >= 4 is 23.3 Å². The van der Waals surface area contributed by atoms with Crippen LogP contribution in [-0.2, 0) is 0 Å². The average Bonchev–Trinajstić information content (AvgIpc) is 2.62. The summed E-state index contributed by atoms with van der Waals surface area (Å²) in [6.45, 7) is 4.47. The van der Waals surface area contributed by atoms with Crippen LogP contribution in [0.4, 0.5) is 10.5 Å². The normalized spacial score (nSPS) is 10.2. The molecule has 2 aromatic rings. The second-order valence-electron chi connectivity index (χ2n) is 5.69. The van der Waals surface area contributed by atoms with Gasteiger partial charge in [0.05, 0.1) is 26.5 Å². The van der Waals surface area contributed by atoms with Crippen molar-refractivity contribution in [2.24, 2.45) is 0 Å². The molecule has 0 atom stereocenters. The van der Waals surface area contributed by atoms with Gasteiger partial charge in [-0.3, -0.25) is 0 Å². The molecule has 0 heterocycles. The molecular formula is C19H23ClN2O4. The zero-order valence-corrected chi connectivity index (χ0v) is 16.1. The maximum atomic E-state index is 12.1. The summed E-state index contributed by atoms with van der Waals surface area (Å²) in [4.78, 5) is 12.1. The molecule has 26 heavy (non-hydrogen) atoms. The average molecular weight is 379 g/mol. The van der Waals surface area contributed by atoms with E-state index in [2.05, 4.69) is 10.6 Å². The van der Waals surface area contributed by atoms with Crippen molar-refractivity contribution in [2.75, 3.05) is 32.7 Å². The van der Waals surface area contributed by atoms with Gasteiger partial charge in [-0.15, -0.1) is 0 Å². The second-order valence-corrected chi connectivity index (χ2v) is 6.09. The molecule has 140 valence electrons. The van der Waals surface area contributed by atoms with E-state index in [1.54, 1.807) is 19.2 Å². The molecule has 2 aromatic carbocycles. The quantitative estimate of drug-likeness (QED) is 0.709. The van der Waals surface area contributed by atoms with Gasteiger partial charge < -0.3 is 24.8 Å². The Bertz CT molecular complexity index is 780. The number of anilines is 1. The van der Waals surface area contributed by atoms with Crippen molar-refractivity contribution in [3.63, 3.8) is 0 Å². The predicted molar refractivity (Wildman–Crippen MR) is 103 cm³/mol. The highest BCUT2D eigenvalue weighted by molar-refractivity contribution is 6.31. The van der Waals surface area contributed by atoms with E-state index in [-0.39, 0.29) is 6.03 Å². The van der Waals surface area contributed by atoms with Crippen molar-refractivity contribution in [3.8, 4) is 17.2 Å². The Kier molecular flexibility index (Phi) is 6.97. The third-order valence-corrected chi connectivity index (χ3v) is 4.10. The number of benzene rings is 2. The van der Waals surface area contributed by atoms with Crippen LogP contribution in [0.2, 0.25) is 5.02 Å². The zero-order valence-electron chi connectivity index (χ0n) is 15.3. The summed E-state index contributed by atoms with van der Waals surface area (Å²) in [5, 5.41) is 6.05. The molecule has 7 heteroatoms. The fourth-order valence-electron chi connectivity index (χ4n) is 2.32. The summed E-state index contributed by atoms with van der Waals surface area (Å²) in [6, 6.07) is 8.74. The topological polar surface area (TPSA) is 68.8 Å². The van der Waals surface area contributed by atoms with Gasteiger partial charge in [-0.05, 0) is 43.2 Å². The van der Waals surface area contributed by atoms with Crippen molar-refractivity contribution in [3.05, 3.63) is 46.5 Å². The lowest BCUT2D eigenvalue weighted by atomic mass is 10.2. The Morgan fingerprint density at radius 1 is 1.04 bits per heavy atom. The van der Waals surface area contributed by atoms with E-state index < -0.39 is 0 Å². The number of carbonyl (C=O) groups is 1. The molecule has 2 amide bonds. The summed E-state index contributed by atoms with van der Waals surface area (Å²) in [7, 11) is 3.11. The first kappa shape index (κ1) is 19.7. The molecular weight excluding hydrogens is 356 g/mol. The van der Waals surface area contributed by atoms with Gasteiger partial charge in [0.25, 0.3) is 0 Å². The molecule has 0 bridgehead atoms. The molecule has 2 N–H and O–H groups in total. The number of hydrogen-bond donors (Lipinski definition) is 2. The Morgan fingerprint density at radius 3 is 2.46 bits per heavy atom. The maximum absolute atomic E-state index is 12.1. The van der Waals surface area contributed by atoms with Crippen molar-refractivity contribution in [1.29, 1.82) is 0 Å². The number of rotatable bonds is 7. The molecule has 2 rings (SSSR count). The minimum absolute atomic E-state index is 0.309. The van der Waals surface area contributed by atoms with E-state index in [1.165, 1.54) is 7.11 Å². The second kappa shape index (κ2) is 9.20. The fourth-order valence-corrected chi connectivity index (χ4v) is 2.47. The van der Waals surface area contributed by atoms with E-state index in [0.29, 0.717) is 41.1 Å². The molecule has 0 saturated carbocycles. The highest BCUT2D eigenvalue weighted by atomic mass is 35.5. The van der Waals surface area contributed by atoms with Crippen LogP contribution in [0.3, 0.4) is 0 Å². The van der Waals surface area contributed by atoms with Gasteiger partial charge in [0.2, 0.25) is 0 Å². The van der Waals surface area contributed by atoms with Gasteiger partial charge in [0.15, 0.2) is 11.5 Å². The first-order valence-electron chi connectivity index (χ1n) is 8.11. The van der Waals surface area contributed by atoms with Crippen LogP contribution in [0.1, 0.15) is 11.1 Å². The van der Waals surface area contributed by atoms with Gasteiger partial charge >= 0.3 is 6.03 Å². The Morgan fingerprint density at radius 2 is 1.77 bits per heavy atom. The third kappa shape index (κ3) is 5.20. The molecule has 0 unspecified atom stereocenters. The maximum Gasteiger partial charge on any atom is 0.319 e. The molecule has 0 saturated heterocycles. The minimum atomic E-state index is -0.357. The number of aryl methyl sites for hydroxylation is 2. The summed E-state index contributed by atoms with van der Waals surface area (Å²) in [5.41, 5.74) is 2.48. The number of methoxy groups -OCH3 is 2. The lowest BCUT2D eigenvalue weighted by Crippen LogP contribution is -2.32. The molecule has 0 aliphatic carbocycles. The van der Waals surface area contributed by atoms with Crippen LogP contribution in [0.15, 0.2) is 30.3 Å². The summed E-state index contributed by atoms with van der Waals surface area (Å²) < 4.78 is 16.2. The smallest absolute Gasteiger partial charge is 0.319 e. The van der Waals surface area contributed by atoms with E-state index in [0.717, 1.165) is 11.1 Å². The molecule has 0 aliphatic heterocycles. The standard InChI is InChI=1S/C19H23ClN2O4/c1-12-5-6-16(18(9-12)25-4)26-8-7-21-19(23)22-15-10-13(2)14(20)11-17(15)24-3/h5-6,9-11H,7-8H2,1-4H3,(H2,21,22,23). The molecule has 0 aromatic heterocycles. The summed E-state index contributed by atoms with van der Waals surface area (Å²) in [6.07, 6.45) is 0. The Labute approximate surface area is 158 Å². The molecule has 0 fully saturated rings. The van der Waals surface area contributed by atoms with Crippen molar-refractivity contribution < 1.29 is 19.0 Å². The number of nitrogens with one attached hydrogen (secondary N) is 2. The van der Waals surface area contributed by atoms with Crippen LogP contribution in [-0.4, -0.2) is 33.4 Å². The number of urea groups is 1. The van der Waals surface area contributed by atoms with Gasteiger partial charge in [-0.1, -0.05) is 17.7 Å². The van der Waals surface area contributed by atoms with E-state index >= 15 is 0 Å². The van der Waals surface area contributed by atoms with Gasteiger partial charge in [-0.2, -0.15) is 0 Å². The predicted octanol–water partition coefficient (Wildman–Crippen LogP) is 4.17. The van der Waals surface area contributed by atoms with Crippen molar-refractivity contribution in [2.45, 2.75) is 13.8 Å². The first-order chi connectivity index (χ1) is 12.4. The largest absolute Gasteiger partial charge is 0.495 e. The monoisotopic (exact) mass is 378 g/mol. The zero-order chi connectivity index (χ0) is 19.1. The Hall–Kier alpha value is -2.60. The number of hydrogen-bond acceptors (Lipinski definition) is 4. The van der Waals surface area contributed by atoms with Gasteiger partial charge in [0.1, 0.15) is 12.4 Å². The molecule has 6 nitrogen and oxygen atoms in total. The lowest BCUT2D eigenvalue weighted by molar-refractivity contribution is 0.246. The first-order valence-corrected chi connectivity index (χ1v) is 8.48. The SMILES string of the molecule is COc1cc(Cl)c(C)cc1NC(=O)NCCOc1ccc(C)cc1OC. The molecule has 0 radical (unpaired) electrons. The van der Waals surface area contributed by atoms with Crippen molar-refractivity contribution in [1.82, 2.24) is 5.32 Å². The number of amides is 2. The number of halogens is 1. The minimum Gasteiger partial charge on any atom is -0.495 e. The number of carbonyl (C=O) groups excluding carboxylic acids is 1. The molecule has 0 spiro atoms. The molecule has 0 aliphatic rings. The van der Waals surface area contributed by atoms with Crippen LogP contribution in [0.5, 0.6) is 17.2 Å². The van der Waals surface area contributed by atoms with E-state index in [9.17, 15) is 4.79 Å². The number of ether oxygens (including phenoxy) is 3. The summed E-state index contributed by atoms with van der Waals surface area (Å²) in [5.74, 6) is 1.79. The lowest BCUT2D eigenvalue weighted by Gasteiger charge is -2.14. The van der Waals surface area contributed by atoms with Crippen LogP contribution < -0.4 is 24.8 Å². The fraction of sp³-hybridized carbons (Fsp3) is 0.316. The van der Waals surface area contributed by atoms with Gasteiger partial charge in [-0.25, -0.2) is 4.79 Å². The Balaban J connectivity index is 1.86. The third-order valence-electron chi connectivity index (χ3n) is 3.69. The van der Waals surface area contributed by atoms with Crippen LogP contribution in [0.25, 0.3) is 0 Å². The van der Waals surface area contributed by atoms with Crippen LogP contribution in [0, 0.1) is 13.8 Å².